The second-order valence-electron chi connectivity index (χ2n) is 6.37. The van der Waals surface area contributed by atoms with Crippen molar-refractivity contribution in [3.8, 4) is 0 Å². The standard InChI is InChI=1S/C20H21N3O3/c1-13-10-19(25)22-17-8-3-4-9-18(17)23(13)20(26)12-21-16-7-5-6-15(11-16)14(2)24/h3-9,11,13,21H,10,12H2,1-2H3,(H,22,25). The van der Waals surface area contributed by atoms with Crippen LogP contribution in [0.5, 0.6) is 0 Å². The van der Waals surface area contributed by atoms with Gasteiger partial charge in [-0.3, -0.25) is 14.4 Å². The van der Waals surface area contributed by atoms with Crippen LogP contribution in [0.15, 0.2) is 48.5 Å². The van der Waals surface area contributed by atoms with Crippen molar-refractivity contribution >= 4 is 34.7 Å². The van der Waals surface area contributed by atoms with E-state index in [1.54, 1.807) is 29.2 Å². The summed E-state index contributed by atoms with van der Waals surface area (Å²) in [6, 6.07) is 14.1. The number of benzene rings is 2. The summed E-state index contributed by atoms with van der Waals surface area (Å²) in [5, 5.41) is 5.91. The monoisotopic (exact) mass is 351 g/mol. The van der Waals surface area contributed by atoms with E-state index < -0.39 is 0 Å². The van der Waals surface area contributed by atoms with Gasteiger partial charge in [0.25, 0.3) is 0 Å². The lowest BCUT2D eigenvalue weighted by Gasteiger charge is -2.28. The number of carbonyl (C=O) groups is 3. The first-order valence-corrected chi connectivity index (χ1v) is 8.51. The SMILES string of the molecule is CC(=O)c1cccc(NCC(=O)N2c3ccccc3NC(=O)CC2C)c1. The maximum atomic E-state index is 12.9. The number of amides is 2. The van der Waals surface area contributed by atoms with Gasteiger partial charge in [-0.2, -0.15) is 0 Å². The molecule has 0 radical (unpaired) electrons. The van der Waals surface area contributed by atoms with Crippen LogP contribution >= 0.6 is 0 Å². The van der Waals surface area contributed by atoms with Gasteiger partial charge < -0.3 is 15.5 Å². The van der Waals surface area contributed by atoms with Gasteiger partial charge in [-0.1, -0.05) is 24.3 Å². The summed E-state index contributed by atoms with van der Waals surface area (Å²) in [5.74, 6) is -0.281. The van der Waals surface area contributed by atoms with E-state index in [0.29, 0.717) is 22.6 Å². The molecule has 0 spiro atoms. The van der Waals surface area contributed by atoms with Crippen LogP contribution in [-0.2, 0) is 9.59 Å². The zero-order chi connectivity index (χ0) is 18.7. The number of rotatable bonds is 4. The van der Waals surface area contributed by atoms with Gasteiger partial charge in [-0.25, -0.2) is 0 Å². The number of anilines is 3. The van der Waals surface area contributed by atoms with Crippen LogP contribution in [0, 0.1) is 0 Å². The molecule has 2 aromatic carbocycles. The van der Waals surface area contributed by atoms with E-state index in [1.165, 1.54) is 6.92 Å². The first-order chi connectivity index (χ1) is 12.5. The maximum absolute atomic E-state index is 12.9. The molecular weight excluding hydrogens is 330 g/mol. The Balaban J connectivity index is 1.79. The molecule has 1 atom stereocenters. The van der Waals surface area contributed by atoms with Gasteiger partial charge in [0, 0.05) is 23.7 Å². The highest BCUT2D eigenvalue weighted by Crippen LogP contribution is 2.31. The molecule has 2 amide bonds. The minimum atomic E-state index is -0.253. The summed E-state index contributed by atoms with van der Waals surface area (Å²) in [4.78, 5) is 38.0. The Morgan fingerprint density at radius 1 is 1.19 bits per heavy atom. The summed E-state index contributed by atoms with van der Waals surface area (Å²) < 4.78 is 0. The molecule has 0 saturated carbocycles. The van der Waals surface area contributed by atoms with Gasteiger partial charge in [0.2, 0.25) is 11.8 Å². The third-order valence-electron chi connectivity index (χ3n) is 4.34. The van der Waals surface area contributed by atoms with Crippen LogP contribution in [0.1, 0.15) is 30.6 Å². The van der Waals surface area contributed by atoms with E-state index in [0.717, 1.165) is 0 Å². The lowest BCUT2D eigenvalue weighted by atomic mass is 10.1. The number of nitrogens with one attached hydrogen (secondary N) is 2. The molecule has 6 heteroatoms. The van der Waals surface area contributed by atoms with Crippen molar-refractivity contribution in [1.29, 1.82) is 0 Å². The topological polar surface area (TPSA) is 78.5 Å². The molecule has 0 fully saturated rings. The maximum Gasteiger partial charge on any atom is 0.246 e. The summed E-state index contributed by atoms with van der Waals surface area (Å²) >= 11 is 0. The van der Waals surface area contributed by atoms with Crippen molar-refractivity contribution in [1.82, 2.24) is 0 Å². The zero-order valence-corrected chi connectivity index (χ0v) is 14.8. The third-order valence-corrected chi connectivity index (χ3v) is 4.34. The molecule has 3 rings (SSSR count). The van der Waals surface area contributed by atoms with Gasteiger partial charge in [0.05, 0.1) is 17.9 Å². The first kappa shape index (κ1) is 17.7. The fourth-order valence-electron chi connectivity index (χ4n) is 3.08. The molecule has 6 nitrogen and oxygen atoms in total. The van der Waals surface area contributed by atoms with Crippen LogP contribution in [-0.4, -0.2) is 30.2 Å². The number of carbonyl (C=O) groups excluding carboxylic acids is 3. The Labute approximate surface area is 152 Å². The van der Waals surface area contributed by atoms with Crippen LogP contribution in [0.3, 0.4) is 0 Å². The highest BCUT2D eigenvalue weighted by atomic mass is 16.2. The van der Waals surface area contributed by atoms with Crippen LogP contribution in [0.2, 0.25) is 0 Å². The summed E-state index contributed by atoms with van der Waals surface area (Å²) in [5.41, 5.74) is 2.62. The van der Waals surface area contributed by atoms with Crippen LogP contribution < -0.4 is 15.5 Å². The second kappa shape index (κ2) is 7.39. The molecule has 1 aliphatic heterocycles. The lowest BCUT2D eigenvalue weighted by molar-refractivity contribution is -0.118. The third kappa shape index (κ3) is 3.74. The number of fused-ring (bicyclic) bond motifs is 1. The normalized spacial score (nSPS) is 16.3. The van der Waals surface area contributed by atoms with Crippen molar-refractivity contribution in [3.63, 3.8) is 0 Å². The molecule has 1 aliphatic rings. The van der Waals surface area contributed by atoms with E-state index in [1.807, 2.05) is 31.2 Å². The Bertz CT molecular complexity index is 863. The Kier molecular flexibility index (Phi) is 5.02. The van der Waals surface area contributed by atoms with Gasteiger partial charge in [-0.05, 0) is 38.1 Å². The van der Waals surface area contributed by atoms with E-state index >= 15 is 0 Å². The molecule has 26 heavy (non-hydrogen) atoms. The van der Waals surface area contributed by atoms with Crippen LogP contribution in [0.25, 0.3) is 0 Å². The highest BCUT2D eigenvalue weighted by molar-refractivity contribution is 6.05. The van der Waals surface area contributed by atoms with E-state index in [2.05, 4.69) is 10.6 Å². The quantitative estimate of drug-likeness (QED) is 0.830. The van der Waals surface area contributed by atoms with Crippen molar-refractivity contribution in [2.75, 3.05) is 22.1 Å². The van der Waals surface area contributed by atoms with Crippen molar-refractivity contribution in [3.05, 3.63) is 54.1 Å². The van der Waals surface area contributed by atoms with Gasteiger partial charge in [0.1, 0.15) is 0 Å². The molecule has 0 aliphatic carbocycles. The van der Waals surface area contributed by atoms with Crippen molar-refractivity contribution < 1.29 is 14.4 Å². The minimum absolute atomic E-state index is 0.0281. The average Bonchev–Trinajstić information content (AvgIpc) is 2.74. The fraction of sp³-hybridized carbons (Fsp3) is 0.250. The van der Waals surface area contributed by atoms with Gasteiger partial charge in [-0.15, -0.1) is 0 Å². The first-order valence-electron chi connectivity index (χ1n) is 8.51. The number of ketones is 1. The zero-order valence-electron chi connectivity index (χ0n) is 14.8. The second-order valence-corrected chi connectivity index (χ2v) is 6.37. The Morgan fingerprint density at radius 3 is 2.73 bits per heavy atom. The molecule has 0 saturated heterocycles. The molecule has 1 heterocycles. The largest absolute Gasteiger partial charge is 0.376 e. The lowest BCUT2D eigenvalue weighted by Crippen LogP contribution is -2.42. The van der Waals surface area contributed by atoms with Crippen LogP contribution in [0.4, 0.5) is 17.1 Å². The number of para-hydroxylation sites is 2. The molecule has 0 aromatic heterocycles. The molecule has 134 valence electrons. The summed E-state index contributed by atoms with van der Waals surface area (Å²) in [6.45, 7) is 3.42. The predicted molar refractivity (Wildman–Crippen MR) is 102 cm³/mol. The van der Waals surface area contributed by atoms with Crippen molar-refractivity contribution in [2.24, 2.45) is 0 Å². The molecular formula is C20H21N3O3. The summed E-state index contributed by atoms with van der Waals surface area (Å²) in [6.07, 6.45) is 0.236. The highest BCUT2D eigenvalue weighted by Gasteiger charge is 2.29. The smallest absolute Gasteiger partial charge is 0.246 e. The molecule has 0 bridgehead atoms. The van der Waals surface area contributed by atoms with Gasteiger partial charge >= 0.3 is 0 Å². The molecule has 2 N–H and O–H groups in total. The Morgan fingerprint density at radius 2 is 1.96 bits per heavy atom. The van der Waals surface area contributed by atoms with Crippen molar-refractivity contribution in [2.45, 2.75) is 26.3 Å². The number of nitrogens with zero attached hydrogens (tertiary/aromatic N) is 1. The van der Waals surface area contributed by atoms with Gasteiger partial charge in [0.15, 0.2) is 5.78 Å². The number of hydrogen-bond donors (Lipinski definition) is 2. The van der Waals surface area contributed by atoms with E-state index in [9.17, 15) is 14.4 Å². The van der Waals surface area contributed by atoms with E-state index in [4.69, 9.17) is 0 Å². The average molecular weight is 351 g/mol. The van der Waals surface area contributed by atoms with E-state index in [-0.39, 0.29) is 36.6 Å². The summed E-state index contributed by atoms with van der Waals surface area (Å²) in [7, 11) is 0. The number of hydrogen-bond acceptors (Lipinski definition) is 4. The minimum Gasteiger partial charge on any atom is -0.376 e. The number of Topliss-reactive ketones (excluding diaryl/α,β-unsaturated/α-hetero) is 1. The predicted octanol–water partition coefficient (Wildman–Crippen LogP) is 3.07. The molecule has 2 aromatic rings. The Hall–Kier alpha value is -3.15. The molecule has 1 unspecified atom stereocenters. The fourth-order valence-corrected chi connectivity index (χ4v) is 3.08.